The van der Waals surface area contributed by atoms with Crippen LogP contribution < -0.4 is 11.1 Å². The first-order valence-corrected chi connectivity index (χ1v) is 8.18. The molecule has 0 saturated heterocycles. The van der Waals surface area contributed by atoms with Gasteiger partial charge in [-0.1, -0.05) is 53.4 Å². The number of nitrogens with two attached hydrogens (primary N) is 1. The standard InChI is InChI=1S/C12H13N7S2/c1-20-11-15-9(13)19(18-11)12-17-16-10(21-12)14-7-8-5-3-2-4-6-8/h2-6H,7H2,1H3,(H,14,16)(H2,13,15,18). The van der Waals surface area contributed by atoms with Crippen molar-refractivity contribution in [3.63, 3.8) is 0 Å². The normalized spacial score (nSPS) is 10.7. The average molecular weight is 319 g/mol. The van der Waals surface area contributed by atoms with Gasteiger partial charge in [-0.25, -0.2) is 0 Å². The minimum absolute atomic E-state index is 0.310. The van der Waals surface area contributed by atoms with Gasteiger partial charge in [-0.15, -0.1) is 15.3 Å². The van der Waals surface area contributed by atoms with E-state index in [-0.39, 0.29) is 0 Å². The maximum atomic E-state index is 5.82. The number of nitrogens with zero attached hydrogens (tertiary/aromatic N) is 5. The third kappa shape index (κ3) is 3.14. The highest BCUT2D eigenvalue weighted by Crippen LogP contribution is 2.22. The first-order chi connectivity index (χ1) is 10.3. The summed E-state index contributed by atoms with van der Waals surface area (Å²) < 4.78 is 1.50. The molecule has 0 aliphatic rings. The van der Waals surface area contributed by atoms with Gasteiger partial charge in [-0.05, 0) is 11.8 Å². The number of nitrogens with one attached hydrogen (secondary N) is 1. The van der Waals surface area contributed by atoms with Gasteiger partial charge in [0.25, 0.3) is 0 Å². The molecule has 0 aliphatic carbocycles. The van der Waals surface area contributed by atoms with Crippen molar-refractivity contribution in [2.75, 3.05) is 17.3 Å². The van der Waals surface area contributed by atoms with Gasteiger partial charge in [0.2, 0.25) is 21.4 Å². The molecule has 0 amide bonds. The summed E-state index contributed by atoms with van der Waals surface area (Å²) in [6.07, 6.45) is 1.89. The third-order valence-corrected chi connectivity index (χ3v) is 4.07. The van der Waals surface area contributed by atoms with E-state index < -0.39 is 0 Å². The Morgan fingerprint density at radius 2 is 2.10 bits per heavy atom. The van der Waals surface area contributed by atoms with Crippen LogP contribution in [0.2, 0.25) is 0 Å². The molecule has 9 heteroatoms. The van der Waals surface area contributed by atoms with E-state index in [2.05, 4.69) is 37.7 Å². The van der Waals surface area contributed by atoms with Gasteiger partial charge in [0, 0.05) is 6.54 Å². The molecular formula is C12H13N7S2. The molecule has 3 rings (SSSR count). The quantitative estimate of drug-likeness (QED) is 0.695. The summed E-state index contributed by atoms with van der Waals surface area (Å²) in [4.78, 5) is 4.12. The molecule has 0 fully saturated rings. The van der Waals surface area contributed by atoms with E-state index in [4.69, 9.17) is 5.73 Å². The predicted octanol–water partition coefficient (Wildman–Crippen LogP) is 2.03. The summed E-state index contributed by atoms with van der Waals surface area (Å²) in [6, 6.07) is 10.1. The van der Waals surface area contributed by atoms with Crippen LogP contribution in [0.25, 0.3) is 5.13 Å². The number of nitrogen functional groups attached to an aromatic ring is 1. The van der Waals surface area contributed by atoms with Gasteiger partial charge < -0.3 is 11.1 Å². The molecule has 0 radical (unpaired) electrons. The highest BCUT2D eigenvalue weighted by molar-refractivity contribution is 7.98. The molecule has 2 heterocycles. The molecule has 0 unspecified atom stereocenters. The lowest BCUT2D eigenvalue weighted by atomic mass is 10.2. The van der Waals surface area contributed by atoms with Crippen molar-refractivity contribution in [2.24, 2.45) is 0 Å². The Bertz CT molecular complexity index is 722. The first-order valence-electron chi connectivity index (χ1n) is 6.14. The Kier molecular flexibility index (Phi) is 4.02. The minimum Gasteiger partial charge on any atom is -0.368 e. The van der Waals surface area contributed by atoms with Gasteiger partial charge in [0.15, 0.2) is 0 Å². The largest absolute Gasteiger partial charge is 0.368 e. The smallest absolute Gasteiger partial charge is 0.237 e. The molecule has 108 valence electrons. The number of thioether (sulfide) groups is 1. The van der Waals surface area contributed by atoms with Gasteiger partial charge in [0.1, 0.15) is 0 Å². The van der Waals surface area contributed by atoms with E-state index in [9.17, 15) is 0 Å². The van der Waals surface area contributed by atoms with Crippen molar-refractivity contribution >= 4 is 34.2 Å². The van der Waals surface area contributed by atoms with Crippen LogP contribution >= 0.6 is 23.1 Å². The van der Waals surface area contributed by atoms with E-state index in [0.717, 1.165) is 5.13 Å². The summed E-state index contributed by atoms with van der Waals surface area (Å²) in [5, 5.41) is 17.6. The number of benzene rings is 1. The van der Waals surface area contributed by atoms with Crippen LogP contribution in [-0.2, 0) is 6.54 Å². The van der Waals surface area contributed by atoms with Gasteiger partial charge in [-0.3, -0.25) is 0 Å². The Morgan fingerprint density at radius 3 is 2.81 bits per heavy atom. The Labute approximate surface area is 129 Å². The van der Waals surface area contributed by atoms with Gasteiger partial charge >= 0.3 is 0 Å². The van der Waals surface area contributed by atoms with Crippen molar-refractivity contribution in [3.8, 4) is 5.13 Å². The Hall–Kier alpha value is -2.13. The van der Waals surface area contributed by atoms with E-state index >= 15 is 0 Å². The summed E-state index contributed by atoms with van der Waals surface area (Å²) in [5.41, 5.74) is 7.00. The van der Waals surface area contributed by atoms with Crippen molar-refractivity contribution in [1.82, 2.24) is 25.0 Å². The van der Waals surface area contributed by atoms with Crippen LogP contribution in [0.5, 0.6) is 0 Å². The van der Waals surface area contributed by atoms with Crippen LogP contribution in [0.1, 0.15) is 5.56 Å². The number of hydrogen-bond donors (Lipinski definition) is 2. The molecule has 1 aromatic carbocycles. The zero-order valence-corrected chi connectivity index (χ0v) is 12.9. The SMILES string of the molecule is CSc1nc(N)n(-c2nnc(NCc3ccccc3)s2)n1. The zero-order valence-electron chi connectivity index (χ0n) is 11.2. The molecule has 0 bridgehead atoms. The summed E-state index contributed by atoms with van der Waals surface area (Å²) in [6.45, 7) is 0.693. The summed E-state index contributed by atoms with van der Waals surface area (Å²) in [5.74, 6) is 0.310. The molecule has 3 N–H and O–H groups in total. The highest BCUT2D eigenvalue weighted by Gasteiger charge is 2.12. The van der Waals surface area contributed by atoms with Crippen LogP contribution in [0.3, 0.4) is 0 Å². The molecular weight excluding hydrogens is 306 g/mol. The molecule has 3 aromatic rings. The predicted molar refractivity (Wildman–Crippen MR) is 84.8 cm³/mol. The average Bonchev–Trinajstić information content (AvgIpc) is 3.12. The number of rotatable bonds is 5. The zero-order chi connectivity index (χ0) is 14.7. The van der Waals surface area contributed by atoms with Crippen LogP contribution in [0.15, 0.2) is 35.5 Å². The molecule has 0 saturated carbocycles. The number of anilines is 2. The molecule has 7 nitrogen and oxygen atoms in total. The van der Waals surface area contributed by atoms with Gasteiger partial charge in [0.05, 0.1) is 0 Å². The fraction of sp³-hybridized carbons (Fsp3) is 0.167. The van der Waals surface area contributed by atoms with Crippen LogP contribution in [0, 0.1) is 0 Å². The van der Waals surface area contributed by atoms with Crippen molar-refractivity contribution in [3.05, 3.63) is 35.9 Å². The Balaban J connectivity index is 1.72. The Morgan fingerprint density at radius 1 is 1.29 bits per heavy atom. The molecule has 0 aliphatic heterocycles. The van der Waals surface area contributed by atoms with Crippen molar-refractivity contribution in [1.29, 1.82) is 0 Å². The lowest BCUT2D eigenvalue weighted by molar-refractivity contribution is 0.818. The highest BCUT2D eigenvalue weighted by atomic mass is 32.2. The number of aromatic nitrogens is 5. The molecule has 0 spiro atoms. The van der Waals surface area contributed by atoms with E-state index in [1.807, 2.05) is 24.5 Å². The summed E-state index contributed by atoms with van der Waals surface area (Å²) >= 11 is 2.81. The topological polar surface area (TPSA) is 94.5 Å². The third-order valence-electron chi connectivity index (χ3n) is 2.68. The van der Waals surface area contributed by atoms with Gasteiger partial charge in [-0.2, -0.15) is 9.67 Å². The van der Waals surface area contributed by atoms with E-state index in [0.29, 0.717) is 22.8 Å². The van der Waals surface area contributed by atoms with E-state index in [1.54, 1.807) is 0 Å². The molecule has 2 aromatic heterocycles. The molecule has 21 heavy (non-hydrogen) atoms. The van der Waals surface area contributed by atoms with Crippen LogP contribution in [0.4, 0.5) is 11.1 Å². The maximum absolute atomic E-state index is 5.82. The maximum Gasteiger partial charge on any atom is 0.237 e. The second-order valence-corrected chi connectivity index (χ2v) is 5.83. The summed E-state index contributed by atoms with van der Waals surface area (Å²) in [7, 11) is 0. The first kappa shape index (κ1) is 13.8. The monoisotopic (exact) mass is 319 g/mol. The molecule has 0 atom stereocenters. The van der Waals surface area contributed by atoms with E-state index in [1.165, 1.54) is 33.3 Å². The fourth-order valence-corrected chi connectivity index (χ4v) is 2.73. The second-order valence-electron chi connectivity index (χ2n) is 4.10. The number of hydrogen-bond acceptors (Lipinski definition) is 8. The van der Waals surface area contributed by atoms with Crippen molar-refractivity contribution < 1.29 is 0 Å². The lowest BCUT2D eigenvalue weighted by Crippen LogP contribution is -2.01. The fourth-order valence-electron chi connectivity index (χ4n) is 1.68. The van der Waals surface area contributed by atoms with Crippen LogP contribution in [-0.4, -0.2) is 31.2 Å². The second kappa shape index (κ2) is 6.10. The minimum atomic E-state index is 0.310. The van der Waals surface area contributed by atoms with Crippen molar-refractivity contribution in [2.45, 2.75) is 11.7 Å². The lowest BCUT2D eigenvalue weighted by Gasteiger charge is -2.00.